The van der Waals surface area contributed by atoms with Gasteiger partial charge in [-0.15, -0.1) is 0 Å². The molecule has 16 heteroatoms. The Kier molecular flexibility index (Phi) is 10.8. The van der Waals surface area contributed by atoms with Gasteiger partial charge in [0.1, 0.15) is 6.10 Å². The first kappa shape index (κ1) is 34.2. The molecule has 4 atom stereocenters. The van der Waals surface area contributed by atoms with Crippen molar-refractivity contribution in [2.24, 2.45) is 0 Å². The van der Waals surface area contributed by atoms with Crippen molar-refractivity contribution in [1.82, 2.24) is 0 Å². The van der Waals surface area contributed by atoms with Gasteiger partial charge in [0, 0.05) is 39.6 Å². The lowest BCUT2D eigenvalue weighted by Crippen LogP contribution is -2.55. The number of alkyl halides is 6. The molecule has 0 amide bonds. The van der Waals surface area contributed by atoms with Crippen molar-refractivity contribution in [3.8, 4) is 0 Å². The Morgan fingerprint density at radius 1 is 0.659 bits per heavy atom. The van der Waals surface area contributed by atoms with E-state index < -0.39 is 66.2 Å². The molecule has 0 spiro atoms. The molecule has 0 aliphatic heterocycles. The van der Waals surface area contributed by atoms with Crippen molar-refractivity contribution in [3.63, 3.8) is 0 Å². The Hall–Kier alpha value is -2.97. The molecule has 0 N–H and O–H groups in total. The van der Waals surface area contributed by atoms with Crippen LogP contribution in [0.15, 0.2) is 60.7 Å². The van der Waals surface area contributed by atoms with E-state index >= 15 is 0 Å². The van der Waals surface area contributed by atoms with E-state index in [0.29, 0.717) is 14.2 Å². The number of halogens is 6. The number of ether oxygens (including phenoxy) is 4. The molecule has 0 heterocycles. The fraction of sp³-hybridized carbons (Fsp3) is 0.440. The monoisotopic (exact) mass is 616 g/mol. The molecule has 0 aliphatic rings. The summed E-state index contributed by atoms with van der Waals surface area (Å²) in [4.78, 5) is 26.3. The van der Waals surface area contributed by atoms with Gasteiger partial charge < -0.3 is 28.0 Å². The predicted octanol–water partition coefficient (Wildman–Crippen LogP) is 5.48. The summed E-state index contributed by atoms with van der Waals surface area (Å²) in [6, 6.07) is 11.1. The van der Waals surface area contributed by atoms with Crippen LogP contribution in [0.3, 0.4) is 0 Å². The van der Waals surface area contributed by atoms with Crippen LogP contribution >= 0.6 is 7.60 Å². The predicted molar refractivity (Wildman–Crippen MR) is 129 cm³/mol. The standard InChI is InChI=1S/C25H27F6O9P/c1-16(39-20(32)22(35-2,24(26,27)28)17-12-8-6-9-13-17)19(41(34,37-4)38-5)40-21(33)23(36-3,25(29,30)31)18-14-10-7-11-15-18/h6-16,19H,1-5H3/t16-,19-,22+,23+/m0/s1. The van der Waals surface area contributed by atoms with E-state index in [2.05, 4.69) is 9.47 Å². The summed E-state index contributed by atoms with van der Waals surface area (Å²) in [7, 11) is -2.15. The van der Waals surface area contributed by atoms with Gasteiger partial charge in [0.15, 0.2) is 0 Å². The van der Waals surface area contributed by atoms with Crippen LogP contribution in [0, 0.1) is 0 Å². The smallest absolute Gasteiger partial charge is 0.432 e. The van der Waals surface area contributed by atoms with Crippen molar-refractivity contribution in [2.75, 3.05) is 28.4 Å². The molecule has 228 valence electrons. The molecule has 0 saturated carbocycles. The normalized spacial score (nSPS) is 17.0. The number of esters is 2. The minimum atomic E-state index is -5.47. The Morgan fingerprint density at radius 2 is 1.00 bits per heavy atom. The molecule has 0 radical (unpaired) electrons. The first-order valence-electron chi connectivity index (χ1n) is 11.5. The average molecular weight is 616 g/mol. The first-order chi connectivity index (χ1) is 19.0. The van der Waals surface area contributed by atoms with Crippen LogP contribution in [0.2, 0.25) is 0 Å². The third kappa shape index (κ3) is 6.28. The van der Waals surface area contributed by atoms with E-state index in [9.17, 15) is 40.5 Å². The minimum Gasteiger partial charge on any atom is -0.455 e. The lowest BCUT2D eigenvalue weighted by Gasteiger charge is -2.37. The number of benzene rings is 2. The summed E-state index contributed by atoms with van der Waals surface area (Å²) in [6.07, 6.45) is -13.0. The lowest BCUT2D eigenvalue weighted by atomic mass is 9.92. The second-order valence-electron chi connectivity index (χ2n) is 8.31. The Balaban J connectivity index is 2.62. The summed E-state index contributed by atoms with van der Waals surface area (Å²) in [5.41, 5.74) is -8.97. The summed E-state index contributed by atoms with van der Waals surface area (Å²) in [6.45, 7) is 0.812. The van der Waals surface area contributed by atoms with Crippen molar-refractivity contribution in [1.29, 1.82) is 0 Å². The van der Waals surface area contributed by atoms with Crippen molar-refractivity contribution >= 4 is 19.5 Å². The van der Waals surface area contributed by atoms with Gasteiger partial charge in [0.25, 0.3) is 11.2 Å². The Bertz CT molecular complexity index is 1220. The maximum Gasteiger partial charge on any atom is 0.432 e. The molecule has 0 unspecified atom stereocenters. The highest BCUT2D eigenvalue weighted by atomic mass is 31.2. The van der Waals surface area contributed by atoms with Gasteiger partial charge in [-0.25, -0.2) is 9.59 Å². The van der Waals surface area contributed by atoms with Gasteiger partial charge in [0.2, 0.25) is 5.85 Å². The molecule has 2 rings (SSSR count). The highest BCUT2D eigenvalue weighted by Gasteiger charge is 2.67. The highest BCUT2D eigenvalue weighted by molar-refractivity contribution is 7.54. The van der Waals surface area contributed by atoms with Gasteiger partial charge in [-0.3, -0.25) is 4.57 Å². The summed E-state index contributed by atoms with van der Waals surface area (Å²) < 4.78 is 128. The molecule has 0 bridgehead atoms. The third-order valence-electron chi connectivity index (χ3n) is 6.09. The Labute approximate surface area is 231 Å². The quantitative estimate of drug-likeness (QED) is 0.174. The van der Waals surface area contributed by atoms with Crippen molar-refractivity contribution in [2.45, 2.75) is 42.4 Å². The fourth-order valence-electron chi connectivity index (χ4n) is 3.98. The van der Waals surface area contributed by atoms with Gasteiger partial charge in [-0.2, -0.15) is 26.3 Å². The topological polar surface area (TPSA) is 107 Å². The van der Waals surface area contributed by atoms with Crippen LogP contribution in [0.25, 0.3) is 0 Å². The molecule has 41 heavy (non-hydrogen) atoms. The number of carbonyl (C=O) groups is 2. The van der Waals surface area contributed by atoms with Crippen LogP contribution in [-0.4, -0.2) is 64.7 Å². The number of methoxy groups -OCH3 is 2. The molecule has 2 aromatic rings. The summed E-state index contributed by atoms with van der Waals surface area (Å²) >= 11 is 0. The number of rotatable bonds is 12. The third-order valence-corrected chi connectivity index (χ3v) is 8.26. The van der Waals surface area contributed by atoms with Crippen LogP contribution < -0.4 is 0 Å². The molecular formula is C25H27F6O9P. The molecule has 0 fully saturated rings. The molecule has 9 nitrogen and oxygen atoms in total. The highest BCUT2D eigenvalue weighted by Crippen LogP contribution is 2.55. The largest absolute Gasteiger partial charge is 0.455 e. The number of hydrogen-bond donors (Lipinski definition) is 0. The van der Waals surface area contributed by atoms with E-state index in [0.717, 1.165) is 45.4 Å². The molecule has 0 aliphatic carbocycles. The second kappa shape index (κ2) is 12.9. The van der Waals surface area contributed by atoms with Crippen molar-refractivity contribution < 1.29 is 68.5 Å². The maximum atomic E-state index is 14.4. The fourth-order valence-corrected chi connectivity index (χ4v) is 5.34. The SMILES string of the molecule is CO[C@@](C(=O)O[C@@H](C)[C@@H](OC(=O)[C@](OC)(c1ccccc1)C(F)(F)F)P(=O)(OC)OC)(c1ccccc1)C(F)(F)F. The lowest BCUT2D eigenvalue weighted by molar-refractivity contribution is -0.283. The zero-order chi connectivity index (χ0) is 31.3. The minimum absolute atomic E-state index is 0.558. The first-order valence-corrected chi connectivity index (χ1v) is 13.1. The summed E-state index contributed by atoms with van der Waals surface area (Å²) in [5.74, 6) is -6.81. The Morgan fingerprint density at radius 3 is 1.29 bits per heavy atom. The van der Waals surface area contributed by atoms with Gasteiger partial charge >= 0.3 is 31.9 Å². The molecule has 2 aromatic carbocycles. The second-order valence-corrected chi connectivity index (χ2v) is 10.6. The van der Waals surface area contributed by atoms with Crippen LogP contribution in [0.5, 0.6) is 0 Å². The van der Waals surface area contributed by atoms with E-state index in [-0.39, 0.29) is 0 Å². The summed E-state index contributed by atoms with van der Waals surface area (Å²) in [5, 5.41) is 0. The average Bonchev–Trinajstić information content (AvgIpc) is 2.92. The van der Waals surface area contributed by atoms with E-state index in [1.807, 2.05) is 0 Å². The van der Waals surface area contributed by atoms with Gasteiger partial charge in [0.05, 0.1) is 0 Å². The van der Waals surface area contributed by atoms with E-state index in [1.165, 1.54) is 36.4 Å². The van der Waals surface area contributed by atoms with Crippen LogP contribution in [0.1, 0.15) is 18.1 Å². The van der Waals surface area contributed by atoms with Crippen LogP contribution in [-0.2, 0) is 53.4 Å². The molecule has 0 aromatic heterocycles. The van der Waals surface area contributed by atoms with Gasteiger partial charge in [-0.1, -0.05) is 60.7 Å². The van der Waals surface area contributed by atoms with Crippen LogP contribution in [0.4, 0.5) is 26.3 Å². The molecule has 0 saturated heterocycles. The van der Waals surface area contributed by atoms with Gasteiger partial charge in [-0.05, 0) is 6.92 Å². The van der Waals surface area contributed by atoms with E-state index in [1.54, 1.807) is 0 Å². The maximum absolute atomic E-state index is 14.4. The van der Waals surface area contributed by atoms with Crippen molar-refractivity contribution in [3.05, 3.63) is 71.8 Å². The number of hydrogen-bond acceptors (Lipinski definition) is 9. The zero-order valence-electron chi connectivity index (χ0n) is 22.3. The molecular weight excluding hydrogens is 589 g/mol. The zero-order valence-corrected chi connectivity index (χ0v) is 23.2. The number of carbonyl (C=O) groups excluding carboxylic acids is 2. The van der Waals surface area contributed by atoms with E-state index in [4.69, 9.17) is 18.5 Å².